The van der Waals surface area contributed by atoms with Crippen LogP contribution in [0.4, 0.5) is 5.69 Å². The number of hydrogen-bond donors (Lipinski definition) is 0. The summed E-state index contributed by atoms with van der Waals surface area (Å²) in [6.45, 7) is 0. The third kappa shape index (κ3) is 9.93. The summed E-state index contributed by atoms with van der Waals surface area (Å²) in [5, 5.41) is 30.6. The SMILES string of the molecule is N#N.N#[N+]c1ccccc1C(=O)[O-].O=C=O.c1ccccc#1. The Bertz CT molecular complexity index is 618. The first-order valence-corrected chi connectivity index (χ1v) is 5.34. The van der Waals surface area contributed by atoms with Crippen LogP contribution in [-0.4, -0.2) is 12.1 Å². The molecule has 0 N–H and O–H groups in total. The Hall–Kier alpha value is -4.05. The Labute approximate surface area is 125 Å². The highest BCUT2D eigenvalue weighted by molar-refractivity contribution is 5.92. The fraction of sp³-hybridized carbons (Fsp3) is 0. The fourth-order valence-electron chi connectivity index (χ4n) is 1.04. The molecule has 22 heavy (non-hydrogen) atoms. The topological polar surface area (TPSA) is 150 Å². The molecule has 0 radical (unpaired) electrons. The predicted molar refractivity (Wildman–Crippen MR) is 68.1 cm³/mol. The lowest BCUT2D eigenvalue weighted by molar-refractivity contribution is -0.254. The molecule has 0 aromatic heterocycles. The third-order valence-corrected chi connectivity index (χ3v) is 1.79. The van der Waals surface area contributed by atoms with Crippen LogP contribution in [-0.2, 0) is 9.59 Å². The van der Waals surface area contributed by atoms with E-state index in [1.165, 1.54) is 18.2 Å². The molecule has 8 heteroatoms. The zero-order valence-electron chi connectivity index (χ0n) is 11.0. The lowest BCUT2D eigenvalue weighted by atomic mass is 10.2. The number of hydrogen-bond acceptors (Lipinski definition) is 7. The van der Waals surface area contributed by atoms with Crippen molar-refractivity contribution in [2.24, 2.45) is 0 Å². The summed E-state index contributed by atoms with van der Waals surface area (Å²) in [5.74, 6) is -1.35. The van der Waals surface area contributed by atoms with Crippen molar-refractivity contribution in [2.75, 3.05) is 0 Å². The van der Waals surface area contributed by atoms with Gasteiger partial charge in [0, 0.05) is 16.9 Å². The molecule has 108 valence electrons. The second-order valence-electron chi connectivity index (χ2n) is 2.99. The summed E-state index contributed by atoms with van der Waals surface area (Å²) < 4.78 is 0. The van der Waals surface area contributed by atoms with E-state index in [9.17, 15) is 9.90 Å². The molecule has 0 amide bonds. The van der Waals surface area contributed by atoms with Crippen LogP contribution in [0.25, 0.3) is 4.98 Å². The minimum atomic E-state index is -1.35. The van der Waals surface area contributed by atoms with Crippen LogP contribution in [0.2, 0.25) is 0 Å². The molecule has 8 nitrogen and oxygen atoms in total. The summed E-state index contributed by atoms with van der Waals surface area (Å²) in [6.07, 6.45) is 0.250. The normalized spacial score (nSPS) is 6.59. The molecule has 0 atom stereocenters. The van der Waals surface area contributed by atoms with E-state index in [2.05, 4.69) is 17.1 Å². The van der Waals surface area contributed by atoms with Crippen LogP contribution in [0.3, 0.4) is 0 Å². The van der Waals surface area contributed by atoms with Gasteiger partial charge in [-0.3, -0.25) is 0 Å². The molecular weight excluding hydrogens is 288 g/mol. The van der Waals surface area contributed by atoms with Gasteiger partial charge in [-0.2, -0.15) is 9.59 Å². The Morgan fingerprint density at radius 3 is 1.77 bits per heavy atom. The summed E-state index contributed by atoms with van der Waals surface area (Å²) >= 11 is 0. The summed E-state index contributed by atoms with van der Waals surface area (Å²) in [5.41, 5.74) is -0.109. The van der Waals surface area contributed by atoms with E-state index in [-0.39, 0.29) is 17.4 Å². The van der Waals surface area contributed by atoms with E-state index in [1.807, 2.05) is 24.3 Å². The van der Waals surface area contributed by atoms with Gasteiger partial charge in [-0.25, -0.2) is 0 Å². The molecule has 0 aliphatic carbocycles. The van der Waals surface area contributed by atoms with Crippen molar-refractivity contribution in [2.45, 2.75) is 0 Å². The maximum absolute atomic E-state index is 10.3. The van der Waals surface area contributed by atoms with Crippen molar-refractivity contribution in [3.05, 3.63) is 71.2 Å². The smallest absolute Gasteiger partial charge is 0.394 e. The lowest BCUT2D eigenvalue weighted by Gasteiger charge is -1.95. The van der Waals surface area contributed by atoms with Crippen LogP contribution in [0.15, 0.2) is 48.5 Å². The van der Waals surface area contributed by atoms with Gasteiger partial charge in [-0.05, 0) is 18.2 Å². The lowest BCUT2D eigenvalue weighted by Crippen LogP contribution is -2.22. The van der Waals surface area contributed by atoms with Crippen LogP contribution in [0, 0.1) is 28.3 Å². The van der Waals surface area contributed by atoms with Gasteiger partial charge in [0.2, 0.25) is 5.39 Å². The van der Waals surface area contributed by atoms with E-state index in [4.69, 9.17) is 25.8 Å². The maximum atomic E-state index is 10.3. The molecule has 0 unspecified atom stereocenters. The zero-order valence-corrected chi connectivity index (χ0v) is 11.0. The Balaban J connectivity index is 0. The Kier molecular flexibility index (Phi) is 13.8. The molecule has 0 fully saturated rings. The van der Waals surface area contributed by atoms with Gasteiger partial charge in [0.15, 0.2) is 4.98 Å². The average Bonchev–Trinajstić information content (AvgIpc) is 2.59. The van der Waals surface area contributed by atoms with Gasteiger partial charge in [0.25, 0.3) is 0 Å². The van der Waals surface area contributed by atoms with Crippen LogP contribution >= 0.6 is 0 Å². The van der Waals surface area contributed by atoms with E-state index in [1.54, 1.807) is 6.07 Å². The first kappa shape index (κ1) is 20.3. The number of aromatic carboxylic acids is 1. The highest BCUT2D eigenvalue weighted by Gasteiger charge is 2.11. The molecule has 0 aliphatic heterocycles. The molecule has 0 spiro atoms. The number of nitrogens with zero attached hydrogens (tertiary/aromatic N) is 4. The standard InChI is InChI=1S/C7H4N2O2.C6H4.CO2.N2/c8-9-6-4-2-1-3-5(6)7(10)11;1-2-4-6-5-3-1;2-1-3;1-2/h1-4H;1-4H;;. The Morgan fingerprint density at radius 2 is 1.50 bits per heavy atom. The first-order chi connectivity index (χ1) is 10.7. The predicted octanol–water partition coefficient (Wildman–Crippen LogP) is 1.27. The third-order valence-electron chi connectivity index (χ3n) is 1.79. The fourth-order valence-corrected chi connectivity index (χ4v) is 1.04. The van der Waals surface area contributed by atoms with Crippen LogP contribution < -0.4 is 5.11 Å². The number of rotatable bonds is 1. The van der Waals surface area contributed by atoms with Gasteiger partial charge in [0.1, 0.15) is 0 Å². The Morgan fingerprint density at radius 1 is 1.05 bits per heavy atom. The largest absolute Gasteiger partial charge is 0.545 e. The van der Waals surface area contributed by atoms with Crippen LogP contribution in [0.5, 0.6) is 0 Å². The average molecular weight is 296 g/mol. The second kappa shape index (κ2) is 15.0. The second-order valence-corrected chi connectivity index (χ2v) is 2.99. The monoisotopic (exact) mass is 296 g/mol. The number of carbonyl (C=O) groups excluding carboxylic acids is 3. The number of carboxylic acids is 1. The molecule has 2 rings (SSSR count). The van der Waals surface area contributed by atoms with Gasteiger partial charge in [0.05, 0.1) is 11.5 Å². The highest BCUT2D eigenvalue weighted by atomic mass is 16.4. The van der Waals surface area contributed by atoms with Crippen molar-refractivity contribution in [1.82, 2.24) is 0 Å². The molecular formula is C14H8N4O4. The summed E-state index contributed by atoms with van der Waals surface area (Å²) in [4.78, 5) is 29.3. The minimum Gasteiger partial charge on any atom is -0.545 e. The highest BCUT2D eigenvalue weighted by Crippen LogP contribution is 2.16. The minimum absolute atomic E-state index is 0.00694. The summed E-state index contributed by atoms with van der Waals surface area (Å²) in [6, 6.07) is 18.8. The molecule has 0 heterocycles. The zero-order chi connectivity index (χ0) is 17.2. The van der Waals surface area contributed by atoms with Crippen molar-refractivity contribution in [3.8, 4) is 0 Å². The molecule has 0 bridgehead atoms. The van der Waals surface area contributed by atoms with E-state index in [0.717, 1.165) is 0 Å². The molecule has 2 aromatic rings. The van der Waals surface area contributed by atoms with Gasteiger partial charge < -0.3 is 9.90 Å². The first-order valence-electron chi connectivity index (χ1n) is 5.34. The van der Waals surface area contributed by atoms with Crippen molar-refractivity contribution in [1.29, 1.82) is 16.2 Å². The van der Waals surface area contributed by atoms with Crippen molar-refractivity contribution < 1.29 is 19.5 Å². The molecule has 0 saturated carbocycles. The number of diazo groups is 1. The van der Waals surface area contributed by atoms with Gasteiger partial charge >= 0.3 is 11.8 Å². The molecule has 0 saturated heterocycles. The molecule has 2 aromatic carbocycles. The number of carboxylic acid groups (broad SMARTS) is 1. The van der Waals surface area contributed by atoms with E-state index in [0.29, 0.717) is 0 Å². The number of benzene rings is 1. The number of carbonyl (C=O) groups is 1. The summed E-state index contributed by atoms with van der Waals surface area (Å²) in [7, 11) is 0. The van der Waals surface area contributed by atoms with Crippen molar-refractivity contribution >= 4 is 17.8 Å². The van der Waals surface area contributed by atoms with Crippen LogP contribution in [0.1, 0.15) is 10.4 Å². The van der Waals surface area contributed by atoms with Gasteiger partial charge in [-0.1, -0.05) is 36.4 Å². The van der Waals surface area contributed by atoms with Crippen molar-refractivity contribution in [3.63, 3.8) is 0 Å². The van der Waals surface area contributed by atoms with E-state index >= 15 is 0 Å². The van der Waals surface area contributed by atoms with E-state index < -0.39 is 5.97 Å². The van der Waals surface area contributed by atoms with Gasteiger partial charge in [-0.15, -0.1) is 0 Å². The maximum Gasteiger partial charge on any atom is 0.394 e. The quantitative estimate of drug-likeness (QED) is 0.718. The molecule has 0 aliphatic rings.